The number of rotatable bonds is 4. The molecule has 1 N–H and O–H groups in total. The van der Waals surface area contributed by atoms with E-state index in [0.29, 0.717) is 5.92 Å². The van der Waals surface area contributed by atoms with Crippen LogP contribution in [-0.4, -0.2) is 30.1 Å². The standard InChI is InChI=1S/C16H24N2/c1-5-10-18(16(2,3)4)12-13-11-17-15-9-7-6-8-14(13)15/h5-9,13,17H,1,10-12H2,2-4H3. The molecule has 1 aromatic carbocycles. The summed E-state index contributed by atoms with van der Waals surface area (Å²) in [6.07, 6.45) is 2.00. The first-order valence-electron chi connectivity index (χ1n) is 6.71. The molecule has 1 aliphatic heterocycles. The van der Waals surface area contributed by atoms with Crippen LogP contribution in [0.5, 0.6) is 0 Å². The molecule has 0 spiro atoms. The topological polar surface area (TPSA) is 15.3 Å². The molecule has 0 fully saturated rings. The molecular formula is C16H24N2. The molecule has 1 heterocycles. The zero-order valence-electron chi connectivity index (χ0n) is 11.7. The van der Waals surface area contributed by atoms with Gasteiger partial charge < -0.3 is 5.32 Å². The van der Waals surface area contributed by atoms with Gasteiger partial charge in [-0.3, -0.25) is 4.90 Å². The van der Waals surface area contributed by atoms with Gasteiger partial charge in [0.05, 0.1) is 0 Å². The summed E-state index contributed by atoms with van der Waals surface area (Å²) in [5.41, 5.74) is 2.94. The van der Waals surface area contributed by atoms with Crippen LogP contribution in [0.3, 0.4) is 0 Å². The average Bonchev–Trinajstić information content (AvgIpc) is 2.71. The normalized spacial score (nSPS) is 18.6. The molecule has 0 saturated carbocycles. The summed E-state index contributed by atoms with van der Waals surface area (Å²) >= 11 is 0. The van der Waals surface area contributed by atoms with E-state index in [2.05, 4.69) is 61.8 Å². The Morgan fingerprint density at radius 1 is 1.39 bits per heavy atom. The first-order valence-corrected chi connectivity index (χ1v) is 6.71. The van der Waals surface area contributed by atoms with E-state index in [1.807, 2.05) is 6.08 Å². The summed E-state index contributed by atoms with van der Waals surface area (Å²) < 4.78 is 0. The molecule has 18 heavy (non-hydrogen) atoms. The number of para-hydroxylation sites is 1. The molecule has 1 aromatic rings. The van der Waals surface area contributed by atoms with Gasteiger partial charge in [0.15, 0.2) is 0 Å². The predicted octanol–water partition coefficient (Wildman–Crippen LogP) is 3.48. The van der Waals surface area contributed by atoms with Crippen LogP contribution in [0.2, 0.25) is 0 Å². The second-order valence-electron chi connectivity index (χ2n) is 6.03. The Hall–Kier alpha value is -1.28. The smallest absolute Gasteiger partial charge is 0.0376 e. The highest BCUT2D eigenvalue weighted by Crippen LogP contribution is 2.32. The molecular weight excluding hydrogens is 220 g/mol. The lowest BCUT2D eigenvalue weighted by Crippen LogP contribution is -2.44. The van der Waals surface area contributed by atoms with Crippen molar-refractivity contribution in [3.8, 4) is 0 Å². The lowest BCUT2D eigenvalue weighted by atomic mass is 9.97. The number of anilines is 1. The zero-order chi connectivity index (χ0) is 13.2. The van der Waals surface area contributed by atoms with Gasteiger partial charge in [0.2, 0.25) is 0 Å². The Morgan fingerprint density at radius 2 is 2.11 bits per heavy atom. The second kappa shape index (κ2) is 5.15. The quantitative estimate of drug-likeness (QED) is 0.816. The van der Waals surface area contributed by atoms with Crippen molar-refractivity contribution in [1.29, 1.82) is 0 Å². The number of nitrogens with one attached hydrogen (secondary N) is 1. The molecule has 0 amide bonds. The number of fused-ring (bicyclic) bond motifs is 1. The van der Waals surface area contributed by atoms with Gasteiger partial charge >= 0.3 is 0 Å². The molecule has 0 aliphatic carbocycles. The van der Waals surface area contributed by atoms with Crippen molar-refractivity contribution in [2.24, 2.45) is 0 Å². The lowest BCUT2D eigenvalue weighted by Gasteiger charge is -2.36. The molecule has 1 aliphatic rings. The van der Waals surface area contributed by atoms with E-state index in [1.54, 1.807) is 0 Å². The van der Waals surface area contributed by atoms with Crippen LogP contribution in [0.1, 0.15) is 32.3 Å². The van der Waals surface area contributed by atoms with Gasteiger partial charge in [0.1, 0.15) is 0 Å². The number of hydrogen-bond acceptors (Lipinski definition) is 2. The molecule has 0 bridgehead atoms. The monoisotopic (exact) mass is 244 g/mol. The molecule has 2 nitrogen and oxygen atoms in total. The molecule has 0 aromatic heterocycles. The minimum absolute atomic E-state index is 0.186. The second-order valence-corrected chi connectivity index (χ2v) is 6.03. The summed E-state index contributed by atoms with van der Waals surface area (Å²) in [5, 5.41) is 3.50. The highest BCUT2D eigenvalue weighted by Gasteiger charge is 2.28. The van der Waals surface area contributed by atoms with Crippen molar-refractivity contribution in [2.75, 3.05) is 25.0 Å². The van der Waals surface area contributed by atoms with Crippen LogP contribution in [-0.2, 0) is 0 Å². The van der Waals surface area contributed by atoms with Gasteiger partial charge in [0, 0.05) is 36.8 Å². The lowest BCUT2D eigenvalue weighted by molar-refractivity contribution is 0.146. The number of benzene rings is 1. The van der Waals surface area contributed by atoms with Crippen molar-refractivity contribution < 1.29 is 0 Å². The molecule has 2 heteroatoms. The Bertz CT molecular complexity index is 417. The van der Waals surface area contributed by atoms with Crippen LogP contribution < -0.4 is 5.32 Å². The Labute approximate surface area is 111 Å². The van der Waals surface area contributed by atoms with Crippen molar-refractivity contribution in [1.82, 2.24) is 4.90 Å². The Morgan fingerprint density at radius 3 is 2.78 bits per heavy atom. The molecule has 0 saturated heterocycles. The van der Waals surface area contributed by atoms with E-state index in [9.17, 15) is 0 Å². The van der Waals surface area contributed by atoms with Gasteiger partial charge in [-0.1, -0.05) is 24.3 Å². The third-order valence-electron chi connectivity index (χ3n) is 3.68. The minimum Gasteiger partial charge on any atom is -0.384 e. The third-order valence-corrected chi connectivity index (χ3v) is 3.68. The maximum absolute atomic E-state index is 3.88. The fourth-order valence-corrected chi connectivity index (χ4v) is 2.56. The maximum Gasteiger partial charge on any atom is 0.0376 e. The molecule has 1 unspecified atom stereocenters. The van der Waals surface area contributed by atoms with E-state index >= 15 is 0 Å². The van der Waals surface area contributed by atoms with Gasteiger partial charge in [0.25, 0.3) is 0 Å². The van der Waals surface area contributed by atoms with Crippen LogP contribution in [0, 0.1) is 0 Å². The number of hydrogen-bond donors (Lipinski definition) is 1. The Balaban J connectivity index is 2.12. The fraction of sp³-hybridized carbons (Fsp3) is 0.500. The van der Waals surface area contributed by atoms with Crippen molar-refractivity contribution >= 4 is 5.69 Å². The fourth-order valence-electron chi connectivity index (χ4n) is 2.56. The summed E-state index contributed by atoms with van der Waals surface area (Å²) in [7, 11) is 0. The summed E-state index contributed by atoms with van der Waals surface area (Å²) in [5.74, 6) is 0.584. The molecule has 98 valence electrons. The Kier molecular flexibility index (Phi) is 3.76. The van der Waals surface area contributed by atoms with E-state index in [0.717, 1.165) is 19.6 Å². The van der Waals surface area contributed by atoms with E-state index in [4.69, 9.17) is 0 Å². The first-order chi connectivity index (χ1) is 8.52. The summed E-state index contributed by atoms with van der Waals surface area (Å²) in [6, 6.07) is 8.65. The van der Waals surface area contributed by atoms with Crippen molar-refractivity contribution in [2.45, 2.75) is 32.2 Å². The highest BCUT2D eigenvalue weighted by atomic mass is 15.2. The van der Waals surface area contributed by atoms with Crippen LogP contribution >= 0.6 is 0 Å². The van der Waals surface area contributed by atoms with Gasteiger partial charge in [-0.15, -0.1) is 6.58 Å². The van der Waals surface area contributed by atoms with Crippen LogP contribution in [0.25, 0.3) is 0 Å². The summed E-state index contributed by atoms with van der Waals surface area (Å²) in [4.78, 5) is 2.49. The van der Waals surface area contributed by atoms with E-state index in [1.165, 1.54) is 11.3 Å². The minimum atomic E-state index is 0.186. The van der Waals surface area contributed by atoms with Crippen molar-refractivity contribution in [3.63, 3.8) is 0 Å². The first kappa shape index (κ1) is 13.2. The van der Waals surface area contributed by atoms with Crippen molar-refractivity contribution in [3.05, 3.63) is 42.5 Å². The predicted molar refractivity (Wildman–Crippen MR) is 79.2 cm³/mol. The largest absolute Gasteiger partial charge is 0.384 e. The maximum atomic E-state index is 3.88. The van der Waals surface area contributed by atoms with Crippen LogP contribution in [0.15, 0.2) is 36.9 Å². The number of nitrogens with zero attached hydrogens (tertiary/aromatic N) is 1. The molecule has 1 atom stereocenters. The van der Waals surface area contributed by atoms with Gasteiger partial charge in [-0.05, 0) is 32.4 Å². The molecule has 0 radical (unpaired) electrons. The molecule has 2 rings (SSSR count). The van der Waals surface area contributed by atoms with Crippen LogP contribution in [0.4, 0.5) is 5.69 Å². The summed E-state index contributed by atoms with van der Waals surface area (Å²) in [6.45, 7) is 13.8. The highest BCUT2D eigenvalue weighted by molar-refractivity contribution is 5.57. The van der Waals surface area contributed by atoms with Gasteiger partial charge in [-0.2, -0.15) is 0 Å². The average molecular weight is 244 g/mol. The SMILES string of the molecule is C=CCN(CC1CNc2ccccc21)C(C)(C)C. The van der Waals surface area contributed by atoms with Gasteiger partial charge in [-0.25, -0.2) is 0 Å². The van der Waals surface area contributed by atoms with E-state index in [-0.39, 0.29) is 5.54 Å². The third kappa shape index (κ3) is 2.75. The zero-order valence-corrected chi connectivity index (χ0v) is 11.7. The van der Waals surface area contributed by atoms with E-state index < -0.39 is 0 Å².